The topological polar surface area (TPSA) is 17.1 Å². The van der Waals surface area contributed by atoms with Crippen LogP contribution in [0.5, 0.6) is 0 Å². The van der Waals surface area contributed by atoms with Gasteiger partial charge in [0, 0.05) is 27.2 Å². The molecule has 0 saturated heterocycles. The number of halogens is 2. The third-order valence-corrected chi connectivity index (χ3v) is 3.07. The monoisotopic (exact) mass is 292 g/mol. The molecule has 0 aromatic heterocycles. The molecule has 0 fully saturated rings. The average molecular weight is 294 g/mol. The first-order valence-electron chi connectivity index (χ1n) is 4.11. The molecule has 1 aromatic carbocycles. The van der Waals surface area contributed by atoms with Gasteiger partial charge in [0.1, 0.15) is 0 Å². The van der Waals surface area contributed by atoms with Gasteiger partial charge in [-0.25, -0.2) is 0 Å². The van der Waals surface area contributed by atoms with Gasteiger partial charge in [0.15, 0.2) is 5.78 Å². The van der Waals surface area contributed by atoms with Crippen LogP contribution in [0, 0.1) is 0 Å². The van der Waals surface area contributed by atoms with E-state index in [-0.39, 0.29) is 5.78 Å². The molecule has 0 spiro atoms. The lowest BCUT2D eigenvalue weighted by Crippen LogP contribution is -1.99. The number of ketones is 1. The van der Waals surface area contributed by atoms with E-state index in [9.17, 15) is 4.79 Å². The van der Waals surface area contributed by atoms with Gasteiger partial charge in [-0.2, -0.15) is 0 Å². The Bertz CT molecular complexity index is 341. The number of Topliss-reactive ketones (excluding diaryl/α,β-unsaturated/α-hetero) is 1. The minimum Gasteiger partial charge on any atom is -0.294 e. The summed E-state index contributed by atoms with van der Waals surface area (Å²) in [5.74, 6) is 0.125. The summed E-state index contributed by atoms with van der Waals surface area (Å²) in [6, 6.07) is 5.45. The van der Waals surface area contributed by atoms with E-state index in [1.807, 2.05) is 18.4 Å². The van der Waals surface area contributed by atoms with E-state index >= 15 is 0 Å². The number of alkyl halides is 1. The SMILES string of the molecule is CSc1cc(Cl)cc(C(=O)CCBr)c1. The molecule has 0 atom stereocenters. The molecule has 1 nitrogen and oxygen atoms in total. The van der Waals surface area contributed by atoms with Crippen LogP contribution in [0.25, 0.3) is 0 Å². The number of hydrogen-bond acceptors (Lipinski definition) is 2. The minimum atomic E-state index is 0.125. The molecular formula is C10H10BrClOS. The van der Waals surface area contributed by atoms with Gasteiger partial charge in [-0.15, -0.1) is 11.8 Å². The summed E-state index contributed by atoms with van der Waals surface area (Å²) in [5, 5.41) is 1.31. The van der Waals surface area contributed by atoms with Crippen molar-refractivity contribution in [3.05, 3.63) is 28.8 Å². The molecule has 1 rings (SSSR count). The van der Waals surface area contributed by atoms with Crippen molar-refractivity contribution < 1.29 is 4.79 Å². The van der Waals surface area contributed by atoms with Crippen LogP contribution in [0.3, 0.4) is 0 Å². The smallest absolute Gasteiger partial charge is 0.163 e. The van der Waals surface area contributed by atoms with E-state index in [2.05, 4.69) is 15.9 Å². The average Bonchev–Trinajstić information content (AvgIpc) is 2.17. The minimum absolute atomic E-state index is 0.125. The largest absolute Gasteiger partial charge is 0.294 e. The molecule has 0 aliphatic rings. The Balaban J connectivity index is 2.96. The first kappa shape index (κ1) is 12.1. The van der Waals surface area contributed by atoms with Gasteiger partial charge in [0.05, 0.1) is 0 Å². The summed E-state index contributed by atoms with van der Waals surface area (Å²) >= 11 is 10.7. The predicted octanol–water partition coefficient (Wildman–Crippen LogP) is 4.03. The van der Waals surface area contributed by atoms with E-state index in [4.69, 9.17) is 11.6 Å². The van der Waals surface area contributed by atoms with Crippen LogP contribution >= 0.6 is 39.3 Å². The highest BCUT2D eigenvalue weighted by molar-refractivity contribution is 9.09. The number of rotatable bonds is 4. The lowest BCUT2D eigenvalue weighted by atomic mass is 10.1. The normalized spacial score (nSPS) is 10.2. The number of carbonyl (C=O) groups excluding carboxylic acids is 1. The van der Waals surface area contributed by atoms with Gasteiger partial charge in [0.25, 0.3) is 0 Å². The predicted molar refractivity (Wildman–Crippen MR) is 66.0 cm³/mol. The van der Waals surface area contributed by atoms with Crippen molar-refractivity contribution in [3.63, 3.8) is 0 Å². The Labute approximate surface area is 101 Å². The third kappa shape index (κ3) is 3.30. The molecular weight excluding hydrogens is 284 g/mol. The first-order chi connectivity index (χ1) is 6.67. The molecule has 0 saturated carbocycles. The van der Waals surface area contributed by atoms with Crippen LogP contribution in [0.1, 0.15) is 16.8 Å². The Kier molecular flexibility index (Phi) is 4.99. The van der Waals surface area contributed by atoms with E-state index in [0.717, 1.165) is 4.90 Å². The fourth-order valence-electron chi connectivity index (χ4n) is 1.07. The van der Waals surface area contributed by atoms with E-state index in [0.29, 0.717) is 22.3 Å². The highest BCUT2D eigenvalue weighted by Gasteiger charge is 2.07. The van der Waals surface area contributed by atoms with Crippen molar-refractivity contribution >= 4 is 45.1 Å². The van der Waals surface area contributed by atoms with Crippen molar-refractivity contribution in [1.29, 1.82) is 0 Å². The van der Waals surface area contributed by atoms with E-state index in [1.165, 1.54) is 0 Å². The number of benzene rings is 1. The maximum atomic E-state index is 11.6. The summed E-state index contributed by atoms with van der Waals surface area (Å²) in [4.78, 5) is 12.6. The Morgan fingerprint density at radius 3 is 2.79 bits per heavy atom. The summed E-state index contributed by atoms with van der Waals surface area (Å²) in [7, 11) is 0. The summed E-state index contributed by atoms with van der Waals surface area (Å²) in [6.07, 6.45) is 2.47. The molecule has 76 valence electrons. The van der Waals surface area contributed by atoms with Crippen molar-refractivity contribution in [2.24, 2.45) is 0 Å². The van der Waals surface area contributed by atoms with Crippen molar-refractivity contribution in [1.82, 2.24) is 0 Å². The number of thioether (sulfide) groups is 1. The second-order valence-corrected chi connectivity index (χ2v) is 4.85. The first-order valence-corrected chi connectivity index (χ1v) is 6.83. The second kappa shape index (κ2) is 5.79. The molecule has 0 amide bonds. The molecule has 0 heterocycles. The Morgan fingerprint density at radius 2 is 2.21 bits per heavy atom. The van der Waals surface area contributed by atoms with Crippen molar-refractivity contribution in [2.75, 3.05) is 11.6 Å². The molecule has 0 aliphatic carbocycles. The fraction of sp³-hybridized carbons (Fsp3) is 0.300. The zero-order chi connectivity index (χ0) is 10.6. The van der Waals surface area contributed by atoms with Crippen molar-refractivity contribution in [2.45, 2.75) is 11.3 Å². The maximum Gasteiger partial charge on any atom is 0.163 e. The number of hydrogen-bond donors (Lipinski definition) is 0. The van der Waals surface area contributed by atoms with Gasteiger partial charge in [-0.3, -0.25) is 4.79 Å². The van der Waals surface area contributed by atoms with Crippen LogP contribution in [0.2, 0.25) is 5.02 Å². The standard InChI is InChI=1S/C10H10BrClOS/c1-14-9-5-7(4-8(12)6-9)10(13)2-3-11/h4-6H,2-3H2,1H3. The van der Waals surface area contributed by atoms with Gasteiger partial charge in [-0.05, 0) is 24.5 Å². The van der Waals surface area contributed by atoms with Crippen LogP contribution in [-0.4, -0.2) is 17.4 Å². The van der Waals surface area contributed by atoms with E-state index < -0.39 is 0 Å². The lowest BCUT2D eigenvalue weighted by Gasteiger charge is -2.03. The lowest BCUT2D eigenvalue weighted by molar-refractivity contribution is 0.0989. The highest BCUT2D eigenvalue weighted by atomic mass is 79.9. The number of carbonyl (C=O) groups is 1. The Morgan fingerprint density at radius 1 is 1.50 bits per heavy atom. The van der Waals surface area contributed by atoms with Gasteiger partial charge in [-0.1, -0.05) is 27.5 Å². The Hall–Kier alpha value is 0.01000. The zero-order valence-corrected chi connectivity index (χ0v) is 10.9. The zero-order valence-electron chi connectivity index (χ0n) is 7.72. The maximum absolute atomic E-state index is 11.6. The van der Waals surface area contributed by atoms with Gasteiger partial charge in [0.2, 0.25) is 0 Å². The summed E-state index contributed by atoms with van der Waals surface area (Å²) in [5.41, 5.74) is 0.696. The molecule has 0 radical (unpaired) electrons. The molecule has 0 bridgehead atoms. The van der Waals surface area contributed by atoms with Crippen LogP contribution in [-0.2, 0) is 0 Å². The summed E-state index contributed by atoms with van der Waals surface area (Å²) < 4.78 is 0. The van der Waals surface area contributed by atoms with Gasteiger partial charge < -0.3 is 0 Å². The third-order valence-electron chi connectivity index (χ3n) is 1.75. The molecule has 0 N–H and O–H groups in total. The fourth-order valence-corrected chi connectivity index (χ4v) is 2.22. The highest BCUT2D eigenvalue weighted by Crippen LogP contribution is 2.22. The van der Waals surface area contributed by atoms with E-state index in [1.54, 1.807) is 17.8 Å². The van der Waals surface area contributed by atoms with Crippen LogP contribution < -0.4 is 0 Å². The molecule has 0 unspecified atom stereocenters. The molecule has 14 heavy (non-hydrogen) atoms. The quantitative estimate of drug-likeness (QED) is 0.474. The second-order valence-electron chi connectivity index (χ2n) is 2.74. The molecule has 4 heteroatoms. The van der Waals surface area contributed by atoms with Crippen LogP contribution in [0.4, 0.5) is 0 Å². The molecule has 1 aromatic rings. The molecule has 0 aliphatic heterocycles. The van der Waals surface area contributed by atoms with Gasteiger partial charge >= 0.3 is 0 Å². The van der Waals surface area contributed by atoms with Crippen LogP contribution in [0.15, 0.2) is 23.1 Å². The summed E-state index contributed by atoms with van der Waals surface area (Å²) in [6.45, 7) is 0. The van der Waals surface area contributed by atoms with Crippen molar-refractivity contribution in [3.8, 4) is 0 Å².